The topological polar surface area (TPSA) is 72.2 Å². The lowest BCUT2D eigenvalue weighted by atomic mass is 9.82. The van der Waals surface area contributed by atoms with Crippen molar-refractivity contribution in [2.45, 2.75) is 46.1 Å². The van der Waals surface area contributed by atoms with Crippen LogP contribution in [-0.4, -0.2) is 15.0 Å². The number of sulfonamides is 1. The molecule has 110 valence electrons. The maximum absolute atomic E-state index is 12.4. The first-order chi connectivity index (χ1) is 8.59. The normalized spacial score (nSPS) is 14.6. The molecule has 0 radical (unpaired) electrons. The highest BCUT2D eigenvalue weighted by molar-refractivity contribution is 7.89. The summed E-state index contributed by atoms with van der Waals surface area (Å²) in [6.07, 6.45) is 0. The molecule has 4 nitrogen and oxygen atoms in total. The van der Waals surface area contributed by atoms with Crippen molar-refractivity contribution in [3.63, 3.8) is 0 Å². The van der Waals surface area contributed by atoms with Gasteiger partial charge in [-0.05, 0) is 29.2 Å². The molecule has 0 fully saturated rings. The van der Waals surface area contributed by atoms with Gasteiger partial charge in [0.2, 0.25) is 10.0 Å². The van der Waals surface area contributed by atoms with Crippen LogP contribution >= 0.6 is 11.3 Å². The molecule has 0 spiro atoms. The van der Waals surface area contributed by atoms with Crippen molar-refractivity contribution in [3.8, 4) is 0 Å². The van der Waals surface area contributed by atoms with Crippen molar-refractivity contribution in [3.05, 3.63) is 15.8 Å². The summed E-state index contributed by atoms with van der Waals surface area (Å²) in [6, 6.07) is 0. The van der Waals surface area contributed by atoms with Gasteiger partial charge < -0.3 is 5.73 Å². The van der Waals surface area contributed by atoms with Gasteiger partial charge in [0.05, 0.1) is 0 Å². The summed E-state index contributed by atoms with van der Waals surface area (Å²) in [5, 5.41) is 1.84. The van der Waals surface area contributed by atoms with Crippen LogP contribution in [0.3, 0.4) is 0 Å². The van der Waals surface area contributed by atoms with Crippen molar-refractivity contribution in [2.24, 2.45) is 17.1 Å². The van der Waals surface area contributed by atoms with Gasteiger partial charge in [-0.1, -0.05) is 27.7 Å². The van der Waals surface area contributed by atoms with E-state index in [0.29, 0.717) is 16.3 Å². The molecule has 19 heavy (non-hydrogen) atoms. The largest absolute Gasteiger partial charge is 0.326 e. The van der Waals surface area contributed by atoms with Crippen LogP contribution in [0.15, 0.2) is 10.3 Å². The quantitative estimate of drug-likeness (QED) is 0.878. The number of nitrogens with one attached hydrogen (secondary N) is 1. The molecule has 0 amide bonds. The van der Waals surface area contributed by atoms with E-state index in [1.807, 2.05) is 12.3 Å². The first-order valence-electron chi connectivity index (χ1n) is 6.36. The zero-order chi connectivity index (χ0) is 14.8. The van der Waals surface area contributed by atoms with E-state index in [1.54, 1.807) is 6.92 Å². The molecule has 0 bridgehead atoms. The van der Waals surface area contributed by atoms with E-state index in [2.05, 4.69) is 25.5 Å². The molecule has 6 heteroatoms. The second-order valence-corrected chi connectivity index (χ2v) is 8.66. The molecular formula is C13H24N2O2S2. The van der Waals surface area contributed by atoms with Gasteiger partial charge in [-0.25, -0.2) is 13.1 Å². The van der Waals surface area contributed by atoms with Crippen LogP contribution in [0, 0.1) is 18.3 Å². The average molecular weight is 304 g/mol. The maximum Gasteiger partial charge on any atom is 0.241 e. The third kappa shape index (κ3) is 4.02. The van der Waals surface area contributed by atoms with Crippen molar-refractivity contribution < 1.29 is 8.42 Å². The second kappa shape index (κ2) is 5.91. The molecule has 0 aliphatic heterocycles. The molecule has 3 N–H and O–H groups in total. The fraction of sp³-hybridized carbons (Fsp3) is 0.692. The molecule has 1 unspecified atom stereocenters. The van der Waals surface area contributed by atoms with Gasteiger partial charge in [0.15, 0.2) is 0 Å². The summed E-state index contributed by atoms with van der Waals surface area (Å²) >= 11 is 1.40. The van der Waals surface area contributed by atoms with E-state index >= 15 is 0 Å². The van der Waals surface area contributed by atoms with Gasteiger partial charge in [0, 0.05) is 18.0 Å². The minimum atomic E-state index is -3.47. The first kappa shape index (κ1) is 16.6. The molecule has 0 aliphatic rings. The Hall–Kier alpha value is -0.430. The lowest BCUT2D eigenvalue weighted by molar-refractivity contribution is 0.263. The van der Waals surface area contributed by atoms with E-state index in [1.165, 1.54) is 11.3 Å². The van der Waals surface area contributed by atoms with Crippen molar-refractivity contribution in [1.29, 1.82) is 0 Å². The molecule has 0 saturated carbocycles. The van der Waals surface area contributed by atoms with E-state index in [4.69, 9.17) is 5.73 Å². The fourth-order valence-electron chi connectivity index (χ4n) is 1.60. The Kier molecular flexibility index (Phi) is 5.17. The van der Waals surface area contributed by atoms with Gasteiger partial charge >= 0.3 is 0 Å². The van der Waals surface area contributed by atoms with Crippen LogP contribution in [0.4, 0.5) is 0 Å². The Morgan fingerprint density at radius 3 is 2.47 bits per heavy atom. The molecule has 0 saturated heterocycles. The van der Waals surface area contributed by atoms with Crippen LogP contribution in [-0.2, 0) is 16.6 Å². The third-order valence-corrected chi connectivity index (χ3v) is 6.41. The summed E-state index contributed by atoms with van der Waals surface area (Å²) < 4.78 is 27.4. The zero-order valence-electron chi connectivity index (χ0n) is 12.3. The smallest absolute Gasteiger partial charge is 0.241 e. The highest BCUT2D eigenvalue weighted by atomic mass is 32.2. The highest BCUT2D eigenvalue weighted by Gasteiger charge is 2.25. The lowest BCUT2D eigenvalue weighted by Gasteiger charge is -2.27. The predicted molar refractivity (Wildman–Crippen MR) is 80.8 cm³/mol. The number of thiophene rings is 1. The van der Waals surface area contributed by atoms with E-state index in [9.17, 15) is 8.42 Å². The van der Waals surface area contributed by atoms with Crippen molar-refractivity contribution in [1.82, 2.24) is 4.72 Å². The summed E-state index contributed by atoms with van der Waals surface area (Å²) in [5.41, 5.74) is 6.44. The Morgan fingerprint density at radius 2 is 2.00 bits per heavy atom. The maximum atomic E-state index is 12.4. The van der Waals surface area contributed by atoms with Gasteiger partial charge in [-0.3, -0.25) is 0 Å². The molecule has 0 aromatic carbocycles. The summed E-state index contributed by atoms with van der Waals surface area (Å²) in [6.45, 7) is 10.9. The monoisotopic (exact) mass is 304 g/mol. The Morgan fingerprint density at radius 1 is 1.42 bits per heavy atom. The predicted octanol–water partition coefficient (Wildman–Crippen LogP) is 2.48. The molecule has 1 heterocycles. The molecule has 1 aromatic heterocycles. The third-order valence-electron chi connectivity index (χ3n) is 3.50. The van der Waals surface area contributed by atoms with Crippen LogP contribution in [0.25, 0.3) is 0 Å². The summed E-state index contributed by atoms with van der Waals surface area (Å²) in [5.74, 6) is 0.252. The van der Waals surface area contributed by atoms with Crippen molar-refractivity contribution in [2.75, 3.05) is 6.54 Å². The molecule has 0 aliphatic carbocycles. The molecule has 1 atom stereocenters. The number of aryl methyl sites for hydroxylation is 1. The van der Waals surface area contributed by atoms with Crippen LogP contribution in [0.2, 0.25) is 0 Å². The molecular weight excluding hydrogens is 280 g/mol. The number of rotatable bonds is 5. The molecule has 1 rings (SSSR count). The van der Waals surface area contributed by atoms with Gasteiger partial charge in [0.25, 0.3) is 0 Å². The molecule has 1 aromatic rings. The average Bonchev–Trinajstić information content (AvgIpc) is 2.66. The Bertz CT molecular complexity index is 527. The second-order valence-electron chi connectivity index (χ2n) is 5.99. The zero-order valence-corrected chi connectivity index (χ0v) is 13.9. The highest BCUT2D eigenvalue weighted by Crippen LogP contribution is 2.28. The number of nitrogens with two attached hydrogens (primary N) is 1. The minimum Gasteiger partial charge on any atom is -0.326 e. The van der Waals surface area contributed by atoms with Crippen LogP contribution < -0.4 is 10.5 Å². The Labute approximate surface area is 120 Å². The van der Waals surface area contributed by atoms with E-state index in [-0.39, 0.29) is 17.9 Å². The van der Waals surface area contributed by atoms with Gasteiger partial charge in [0.1, 0.15) is 4.90 Å². The number of hydrogen-bond donors (Lipinski definition) is 2. The SMILES string of the molecule is Cc1csc(CN)c1S(=O)(=O)NCC(C)C(C)(C)C. The minimum absolute atomic E-state index is 0.0723. The summed E-state index contributed by atoms with van der Waals surface area (Å²) in [7, 11) is -3.47. The first-order valence-corrected chi connectivity index (χ1v) is 8.72. The lowest BCUT2D eigenvalue weighted by Crippen LogP contribution is -2.34. The van der Waals surface area contributed by atoms with E-state index in [0.717, 1.165) is 5.56 Å². The van der Waals surface area contributed by atoms with Crippen LogP contribution in [0.5, 0.6) is 0 Å². The van der Waals surface area contributed by atoms with Crippen LogP contribution in [0.1, 0.15) is 38.1 Å². The Balaban J connectivity index is 2.91. The van der Waals surface area contributed by atoms with Gasteiger partial charge in [-0.2, -0.15) is 0 Å². The van der Waals surface area contributed by atoms with Gasteiger partial charge in [-0.15, -0.1) is 11.3 Å². The summed E-state index contributed by atoms with van der Waals surface area (Å²) in [4.78, 5) is 1.08. The fourth-order valence-corrected chi connectivity index (χ4v) is 4.43. The standard InChI is InChI=1S/C13H24N2O2S2/c1-9-8-18-11(6-14)12(9)19(16,17)15-7-10(2)13(3,4)5/h8,10,15H,6-7,14H2,1-5H3. The van der Waals surface area contributed by atoms with Crippen molar-refractivity contribution >= 4 is 21.4 Å². The number of hydrogen-bond acceptors (Lipinski definition) is 4. The van der Waals surface area contributed by atoms with E-state index < -0.39 is 10.0 Å².